The van der Waals surface area contributed by atoms with Crippen LogP contribution in [0.3, 0.4) is 0 Å². The van der Waals surface area contributed by atoms with Crippen molar-refractivity contribution in [3.05, 3.63) is 107 Å². The summed E-state index contributed by atoms with van der Waals surface area (Å²) in [4.78, 5) is 5.02. The normalized spacial score (nSPS) is 21.9. The van der Waals surface area contributed by atoms with Gasteiger partial charge in [0.15, 0.2) is 6.10 Å². The molecule has 0 amide bonds. The summed E-state index contributed by atoms with van der Waals surface area (Å²) in [5.41, 5.74) is 2.88. The van der Waals surface area contributed by atoms with Crippen LogP contribution in [0.5, 0.6) is 0 Å². The minimum Gasteiger partial charge on any atom is -0.467 e. The molecule has 0 saturated heterocycles. The average Bonchev–Trinajstić information content (AvgIpc) is 3.00. The molecule has 3 heteroatoms. The van der Waals surface area contributed by atoms with Crippen molar-refractivity contribution in [1.29, 1.82) is 0 Å². The number of nitrogens with zero attached hydrogens (tertiary/aromatic N) is 1. The summed E-state index contributed by atoms with van der Waals surface area (Å²) in [5, 5.41) is 0.744. The van der Waals surface area contributed by atoms with E-state index in [4.69, 9.17) is 21.3 Å². The Balaban J connectivity index is 1.74. The molecule has 0 aliphatic carbocycles. The number of aliphatic imine (C=N–C) groups is 1. The number of hydrogen-bond acceptors (Lipinski definition) is 2. The maximum absolute atomic E-state index is 6.37. The van der Waals surface area contributed by atoms with Crippen LogP contribution in [0.2, 0.25) is 5.02 Å². The van der Waals surface area contributed by atoms with Gasteiger partial charge in [-0.3, -0.25) is 0 Å². The molecule has 3 aromatic rings. The molecule has 0 N–H and O–H groups in total. The van der Waals surface area contributed by atoms with Gasteiger partial charge < -0.3 is 4.74 Å². The first-order valence-electron chi connectivity index (χ1n) is 8.75. The van der Waals surface area contributed by atoms with Gasteiger partial charge in [0.25, 0.3) is 0 Å². The van der Waals surface area contributed by atoms with Crippen LogP contribution < -0.4 is 0 Å². The third-order valence-electron chi connectivity index (χ3n) is 4.73. The lowest BCUT2D eigenvalue weighted by Crippen LogP contribution is -2.30. The van der Waals surface area contributed by atoms with Gasteiger partial charge in [0.05, 0.1) is 0 Å². The number of hydrogen-bond donors (Lipinski definition) is 0. The van der Waals surface area contributed by atoms with Crippen molar-refractivity contribution in [2.75, 3.05) is 0 Å². The van der Waals surface area contributed by atoms with Gasteiger partial charge in [-0.2, -0.15) is 0 Å². The monoisotopic (exact) mass is 361 g/mol. The van der Waals surface area contributed by atoms with Crippen LogP contribution in [0.15, 0.2) is 89.9 Å². The van der Waals surface area contributed by atoms with Crippen molar-refractivity contribution < 1.29 is 4.74 Å². The van der Waals surface area contributed by atoms with E-state index in [0.717, 1.165) is 28.1 Å². The van der Waals surface area contributed by atoms with E-state index >= 15 is 0 Å². The topological polar surface area (TPSA) is 21.6 Å². The minimum absolute atomic E-state index is 0.141. The third-order valence-corrected chi connectivity index (χ3v) is 4.96. The molecule has 2 atom stereocenters. The zero-order valence-electron chi connectivity index (χ0n) is 14.6. The molecule has 3 aromatic carbocycles. The molecule has 0 saturated carbocycles. The molecule has 1 aliphatic heterocycles. The lowest BCUT2D eigenvalue weighted by atomic mass is 9.85. The molecule has 1 heterocycles. The summed E-state index contributed by atoms with van der Waals surface area (Å²) in [5.74, 6) is 0.698. The maximum atomic E-state index is 6.37. The first kappa shape index (κ1) is 16.9. The second-order valence-electron chi connectivity index (χ2n) is 6.86. The predicted molar refractivity (Wildman–Crippen MR) is 107 cm³/mol. The van der Waals surface area contributed by atoms with Crippen LogP contribution in [0, 0.1) is 0 Å². The zero-order valence-corrected chi connectivity index (χ0v) is 15.4. The molecule has 1 aliphatic rings. The molecule has 130 valence electrons. The van der Waals surface area contributed by atoms with Crippen molar-refractivity contribution in [2.45, 2.75) is 25.0 Å². The quantitative estimate of drug-likeness (QED) is 0.570. The molecule has 0 aromatic heterocycles. The number of benzene rings is 3. The van der Waals surface area contributed by atoms with Gasteiger partial charge in [0.2, 0.25) is 5.90 Å². The van der Waals surface area contributed by atoms with Gasteiger partial charge in [-0.05, 0) is 42.3 Å². The summed E-state index contributed by atoms with van der Waals surface area (Å²) >= 11 is 6.19. The molecule has 0 fully saturated rings. The lowest BCUT2D eigenvalue weighted by Gasteiger charge is -2.28. The molecule has 0 radical (unpaired) electrons. The summed E-state index contributed by atoms with van der Waals surface area (Å²) in [6.07, 6.45) is 0.613. The Hall–Kier alpha value is -2.58. The maximum Gasteiger partial charge on any atom is 0.217 e. The van der Waals surface area contributed by atoms with Crippen molar-refractivity contribution in [3.8, 4) is 0 Å². The molecule has 0 bridgehead atoms. The van der Waals surface area contributed by atoms with Gasteiger partial charge in [-0.25, -0.2) is 4.99 Å². The number of ether oxygens (including phenoxy) is 1. The SMILES string of the molecule is C[C@@]1(Cc2cccc(Cl)c2)N=C(c2ccccc2)O[C@H]1c1ccccc1. The van der Waals surface area contributed by atoms with Gasteiger partial charge in [-0.15, -0.1) is 0 Å². The van der Waals surface area contributed by atoms with E-state index in [1.165, 1.54) is 0 Å². The molecule has 26 heavy (non-hydrogen) atoms. The van der Waals surface area contributed by atoms with Crippen LogP contribution in [-0.4, -0.2) is 11.4 Å². The van der Waals surface area contributed by atoms with E-state index in [0.29, 0.717) is 5.90 Å². The minimum atomic E-state index is -0.406. The Labute approximate surface area is 159 Å². The fraction of sp³-hybridized carbons (Fsp3) is 0.174. The van der Waals surface area contributed by atoms with Crippen molar-refractivity contribution in [1.82, 2.24) is 0 Å². The summed E-state index contributed by atoms with van der Waals surface area (Å²) in [6.45, 7) is 2.15. The van der Waals surface area contributed by atoms with E-state index < -0.39 is 5.54 Å². The van der Waals surface area contributed by atoms with E-state index in [1.54, 1.807) is 0 Å². The largest absolute Gasteiger partial charge is 0.467 e. The fourth-order valence-electron chi connectivity index (χ4n) is 3.52. The molecule has 0 spiro atoms. The molecule has 2 nitrogen and oxygen atoms in total. The van der Waals surface area contributed by atoms with Crippen LogP contribution in [0.25, 0.3) is 0 Å². The first-order chi connectivity index (χ1) is 12.6. The highest BCUT2D eigenvalue weighted by molar-refractivity contribution is 6.30. The standard InChI is InChI=1S/C23H20ClNO/c1-23(16-17-9-8-14-20(24)15-17)21(18-10-4-2-5-11-18)26-22(25-23)19-12-6-3-7-13-19/h2-15,21H,16H2,1H3/t21-,23-/m0/s1. The first-order valence-corrected chi connectivity index (χ1v) is 9.13. The predicted octanol–water partition coefficient (Wildman–Crippen LogP) is 5.86. The number of rotatable bonds is 4. The van der Waals surface area contributed by atoms with Crippen LogP contribution >= 0.6 is 11.6 Å². The van der Waals surface area contributed by atoms with E-state index in [-0.39, 0.29) is 6.10 Å². The smallest absolute Gasteiger partial charge is 0.217 e. The highest BCUT2D eigenvalue weighted by Crippen LogP contribution is 2.41. The molecule has 4 rings (SSSR count). The summed E-state index contributed by atoms with van der Waals surface area (Å²) in [7, 11) is 0. The van der Waals surface area contributed by atoms with Gasteiger partial charge in [-0.1, -0.05) is 72.3 Å². The van der Waals surface area contributed by atoms with Crippen LogP contribution in [-0.2, 0) is 11.2 Å². The molecule has 0 unspecified atom stereocenters. The summed E-state index contributed by atoms with van der Waals surface area (Å²) in [6, 6.07) is 28.4. The highest BCUT2D eigenvalue weighted by atomic mass is 35.5. The Kier molecular flexibility index (Phi) is 4.52. The van der Waals surface area contributed by atoms with Gasteiger partial charge in [0, 0.05) is 17.0 Å². The van der Waals surface area contributed by atoms with Crippen LogP contribution in [0.4, 0.5) is 0 Å². The zero-order chi connectivity index (χ0) is 18.0. The van der Waals surface area contributed by atoms with E-state index in [9.17, 15) is 0 Å². The second kappa shape index (κ2) is 6.97. The Morgan fingerprint density at radius 1 is 0.923 bits per heavy atom. The fourth-order valence-corrected chi connectivity index (χ4v) is 3.73. The Morgan fingerprint density at radius 2 is 1.62 bits per heavy atom. The van der Waals surface area contributed by atoms with Crippen molar-refractivity contribution in [3.63, 3.8) is 0 Å². The summed E-state index contributed by atoms with van der Waals surface area (Å²) < 4.78 is 6.37. The molecular weight excluding hydrogens is 342 g/mol. The lowest BCUT2D eigenvalue weighted by molar-refractivity contribution is 0.147. The second-order valence-corrected chi connectivity index (χ2v) is 7.29. The van der Waals surface area contributed by atoms with E-state index in [2.05, 4.69) is 25.1 Å². The highest BCUT2D eigenvalue weighted by Gasteiger charge is 2.43. The third kappa shape index (κ3) is 3.38. The van der Waals surface area contributed by atoms with Gasteiger partial charge in [0.1, 0.15) is 5.54 Å². The molecular formula is C23H20ClNO. The average molecular weight is 362 g/mol. The van der Waals surface area contributed by atoms with E-state index in [1.807, 2.05) is 66.7 Å². The van der Waals surface area contributed by atoms with Crippen molar-refractivity contribution >= 4 is 17.5 Å². The number of halogens is 1. The Morgan fingerprint density at radius 3 is 2.31 bits per heavy atom. The van der Waals surface area contributed by atoms with Crippen molar-refractivity contribution in [2.24, 2.45) is 4.99 Å². The van der Waals surface area contributed by atoms with Gasteiger partial charge >= 0.3 is 0 Å². The Bertz CT molecular complexity index is 923. The van der Waals surface area contributed by atoms with Crippen LogP contribution in [0.1, 0.15) is 29.7 Å².